The van der Waals surface area contributed by atoms with Crippen LogP contribution in [0.25, 0.3) is 11.5 Å². The summed E-state index contributed by atoms with van der Waals surface area (Å²) < 4.78 is 14.5. The molecule has 32 heavy (non-hydrogen) atoms. The molecule has 0 fully saturated rings. The van der Waals surface area contributed by atoms with Crippen LogP contribution in [0.15, 0.2) is 36.4 Å². The molecule has 1 aliphatic heterocycles. The number of benzene rings is 1. The number of carbonyl (C=O) groups excluding carboxylic acids is 1. The van der Waals surface area contributed by atoms with E-state index in [0.29, 0.717) is 52.9 Å². The molecule has 7 nitrogen and oxygen atoms in total. The number of halogens is 2. The molecule has 10 heteroatoms. The average Bonchev–Trinajstić information content (AvgIpc) is 3.17. The molecule has 3 heterocycles. The van der Waals surface area contributed by atoms with E-state index in [2.05, 4.69) is 15.2 Å². The number of nitrogens with zero attached hydrogens (tertiary/aromatic N) is 5. The summed E-state index contributed by atoms with van der Waals surface area (Å²) >= 11 is 12.2. The molecule has 0 saturated heterocycles. The maximum atomic E-state index is 13.4. The number of hydrogen-bond donors (Lipinski definition) is 0. The molecule has 1 atom stereocenters. The van der Waals surface area contributed by atoms with E-state index in [4.69, 9.17) is 23.2 Å². The normalized spacial score (nSPS) is 16.2. The highest BCUT2D eigenvalue weighted by atomic mass is 35.5. The zero-order chi connectivity index (χ0) is 23.0. The van der Waals surface area contributed by atoms with Gasteiger partial charge in [-0.15, -0.1) is 10.2 Å². The van der Waals surface area contributed by atoms with E-state index >= 15 is 0 Å². The first-order valence-electron chi connectivity index (χ1n) is 10.3. The van der Waals surface area contributed by atoms with Crippen LogP contribution in [0.1, 0.15) is 34.3 Å². The largest absolute Gasteiger partial charge is 0.327 e. The molecular formula is C22H24Cl2N5O2P. The van der Waals surface area contributed by atoms with E-state index in [1.807, 2.05) is 29.7 Å². The second kappa shape index (κ2) is 8.97. The molecule has 1 amide bonds. The predicted molar refractivity (Wildman–Crippen MR) is 127 cm³/mol. The minimum atomic E-state index is -2.29. The van der Waals surface area contributed by atoms with Gasteiger partial charge in [0.15, 0.2) is 11.6 Å². The quantitative estimate of drug-likeness (QED) is 0.460. The Balaban J connectivity index is 1.72. The van der Waals surface area contributed by atoms with E-state index in [1.54, 1.807) is 36.4 Å². The van der Waals surface area contributed by atoms with Crippen molar-refractivity contribution in [1.82, 2.24) is 24.6 Å². The van der Waals surface area contributed by atoms with Crippen LogP contribution >= 0.6 is 30.3 Å². The topological polar surface area (TPSA) is 81.0 Å². The summed E-state index contributed by atoms with van der Waals surface area (Å²) in [4.78, 5) is 19.8. The Hall–Kier alpha value is -2.21. The van der Waals surface area contributed by atoms with Crippen LogP contribution in [-0.4, -0.2) is 56.6 Å². The third kappa shape index (κ3) is 4.75. The summed E-state index contributed by atoms with van der Waals surface area (Å²) in [5.74, 6) is 1.18. The summed E-state index contributed by atoms with van der Waals surface area (Å²) in [6.07, 6.45) is 1.02. The van der Waals surface area contributed by atoms with Crippen LogP contribution in [-0.2, 0) is 11.1 Å². The van der Waals surface area contributed by atoms with Crippen molar-refractivity contribution in [3.05, 3.63) is 63.5 Å². The number of carbonyl (C=O) groups is 1. The Bertz CT molecular complexity index is 1220. The lowest BCUT2D eigenvalue weighted by molar-refractivity contribution is 0.0612. The number of aromatic nitrogens is 4. The van der Waals surface area contributed by atoms with Gasteiger partial charge in [-0.05, 0) is 57.0 Å². The average molecular weight is 492 g/mol. The Labute approximate surface area is 197 Å². The van der Waals surface area contributed by atoms with Crippen molar-refractivity contribution in [2.45, 2.75) is 25.9 Å². The maximum Gasteiger partial charge on any atom is 0.254 e. The van der Waals surface area contributed by atoms with Crippen molar-refractivity contribution < 1.29 is 9.36 Å². The second-order valence-electron chi connectivity index (χ2n) is 8.43. The first-order valence-corrected chi connectivity index (χ1v) is 13.9. The van der Waals surface area contributed by atoms with Gasteiger partial charge in [0.1, 0.15) is 5.69 Å². The van der Waals surface area contributed by atoms with Gasteiger partial charge in [0.05, 0.1) is 23.2 Å². The van der Waals surface area contributed by atoms with Crippen LogP contribution < -0.4 is 0 Å². The van der Waals surface area contributed by atoms with Gasteiger partial charge in [0.2, 0.25) is 0 Å². The van der Waals surface area contributed by atoms with Crippen LogP contribution in [0.4, 0.5) is 0 Å². The summed E-state index contributed by atoms with van der Waals surface area (Å²) in [6, 6.07) is 10.3. The van der Waals surface area contributed by atoms with Gasteiger partial charge in [-0.2, -0.15) is 0 Å². The molecule has 0 saturated carbocycles. The van der Waals surface area contributed by atoms with Crippen molar-refractivity contribution in [3.8, 4) is 11.5 Å². The minimum absolute atomic E-state index is 0.167. The van der Waals surface area contributed by atoms with Gasteiger partial charge < -0.3 is 14.0 Å². The first-order chi connectivity index (χ1) is 15.1. The molecule has 0 N–H and O–H groups in total. The summed E-state index contributed by atoms with van der Waals surface area (Å²) in [7, 11) is -2.29. The molecular weight excluding hydrogens is 468 g/mol. The van der Waals surface area contributed by atoms with Gasteiger partial charge in [0, 0.05) is 30.5 Å². The number of rotatable bonds is 5. The van der Waals surface area contributed by atoms with Crippen LogP contribution in [0.2, 0.25) is 10.0 Å². The number of aryl methyl sites for hydroxylation is 1. The molecule has 0 radical (unpaired) electrons. The summed E-state index contributed by atoms with van der Waals surface area (Å²) in [5, 5.41) is 9.57. The van der Waals surface area contributed by atoms with E-state index in [9.17, 15) is 9.36 Å². The lowest BCUT2D eigenvalue weighted by Crippen LogP contribution is -2.43. The van der Waals surface area contributed by atoms with Gasteiger partial charge in [-0.1, -0.05) is 29.3 Å². The molecule has 168 valence electrons. The zero-order valence-corrected chi connectivity index (χ0v) is 20.5. The van der Waals surface area contributed by atoms with Crippen molar-refractivity contribution in [1.29, 1.82) is 0 Å². The monoisotopic (exact) mass is 491 g/mol. The molecule has 1 unspecified atom stereocenters. The number of fused-ring (bicyclic) bond motifs is 1. The fourth-order valence-corrected chi connectivity index (χ4v) is 5.06. The van der Waals surface area contributed by atoms with Crippen molar-refractivity contribution in [2.75, 3.05) is 26.0 Å². The first kappa shape index (κ1) is 23.0. The maximum absolute atomic E-state index is 13.4. The van der Waals surface area contributed by atoms with E-state index in [-0.39, 0.29) is 11.9 Å². The van der Waals surface area contributed by atoms with E-state index in [1.165, 1.54) is 0 Å². The van der Waals surface area contributed by atoms with Gasteiger partial charge in [-0.25, -0.2) is 4.98 Å². The number of pyridine rings is 1. The van der Waals surface area contributed by atoms with E-state index < -0.39 is 7.14 Å². The van der Waals surface area contributed by atoms with Crippen LogP contribution in [0, 0.1) is 6.92 Å². The fraction of sp³-hybridized carbons (Fsp3) is 0.364. The molecule has 1 aromatic carbocycles. The van der Waals surface area contributed by atoms with Crippen molar-refractivity contribution in [2.24, 2.45) is 0 Å². The summed E-state index contributed by atoms with van der Waals surface area (Å²) in [6.45, 7) is 6.44. The van der Waals surface area contributed by atoms with Crippen molar-refractivity contribution >= 4 is 36.3 Å². The van der Waals surface area contributed by atoms with Crippen LogP contribution in [0.5, 0.6) is 0 Å². The Morgan fingerprint density at radius 2 is 1.91 bits per heavy atom. The standard InChI is InChI=1S/C22H24Cl2N5O2P/c1-14-5-4-6-18(25-14)20-26-27-21-19(9-12-32(2,3)31)28(10-11-29(20)21)22(30)15-7-8-16(23)17(24)13-15/h4-8,13,19H,9-12H2,1-3H3. The van der Waals surface area contributed by atoms with Crippen molar-refractivity contribution in [3.63, 3.8) is 0 Å². The molecule has 4 rings (SSSR count). The molecule has 2 aromatic heterocycles. The highest BCUT2D eigenvalue weighted by molar-refractivity contribution is 7.62. The van der Waals surface area contributed by atoms with Gasteiger partial charge >= 0.3 is 0 Å². The Morgan fingerprint density at radius 3 is 2.59 bits per heavy atom. The molecule has 0 bridgehead atoms. The van der Waals surface area contributed by atoms with Gasteiger partial charge in [-0.3, -0.25) is 4.79 Å². The zero-order valence-electron chi connectivity index (χ0n) is 18.1. The smallest absolute Gasteiger partial charge is 0.254 e. The van der Waals surface area contributed by atoms with E-state index in [0.717, 1.165) is 11.4 Å². The lowest BCUT2D eigenvalue weighted by Gasteiger charge is -2.36. The number of hydrogen-bond acceptors (Lipinski definition) is 5. The number of amides is 1. The summed E-state index contributed by atoms with van der Waals surface area (Å²) in [5.41, 5.74) is 2.08. The molecule has 3 aromatic rings. The molecule has 0 spiro atoms. The van der Waals surface area contributed by atoms with Crippen LogP contribution in [0.3, 0.4) is 0 Å². The van der Waals surface area contributed by atoms with Gasteiger partial charge in [0.25, 0.3) is 5.91 Å². The predicted octanol–water partition coefficient (Wildman–Crippen LogP) is 5.17. The third-order valence-electron chi connectivity index (χ3n) is 5.50. The highest BCUT2D eigenvalue weighted by Gasteiger charge is 2.35. The highest BCUT2D eigenvalue weighted by Crippen LogP contribution is 2.41. The fourth-order valence-electron chi connectivity index (χ4n) is 3.90. The third-order valence-corrected chi connectivity index (χ3v) is 7.58. The molecule has 0 aliphatic carbocycles. The minimum Gasteiger partial charge on any atom is -0.327 e. The Kier molecular flexibility index (Phi) is 6.44. The SMILES string of the molecule is Cc1cccc(-c2nnc3n2CCN(C(=O)c2ccc(Cl)c(Cl)c2)C3CCP(C)(C)=O)n1. The Morgan fingerprint density at radius 1 is 1.12 bits per heavy atom. The lowest BCUT2D eigenvalue weighted by atomic mass is 10.1. The molecule has 1 aliphatic rings. The second-order valence-corrected chi connectivity index (χ2v) is 12.8.